The van der Waals surface area contributed by atoms with Crippen LogP contribution >= 0.6 is 11.6 Å². The summed E-state index contributed by atoms with van der Waals surface area (Å²) in [6.07, 6.45) is -4.71. The number of nitrogens with one attached hydrogen (secondary N) is 2. The summed E-state index contributed by atoms with van der Waals surface area (Å²) in [5.74, 6) is -0.980. The number of dihydropyridines is 1. The summed E-state index contributed by atoms with van der Waals surface area (Å²) in [4.78, 5) is 28.2. The average molecular weight is 544 g/mol. The third-order valence-electron chi connectivity index (χ3n) is 5.25. The minimum Gasteiger partial charge on any atom is -0.382 e. The largest absolute Gasteiger partial charge is 0.431 e. The molecule has 9 nitrogen and oxygen atoms in total. The smallest absolute Gasteiger partial charge is 0.382 e. The summed E-state index contributed by atoms with van der Waals surface area (Å²) in [5.41, 5.74) is 2.68. The van der Waals surface area contributed by atoms with Gasteiger partial charge in [0.15, 0.2) is 0 Å². The second-order valence-corrected chi connectivity index (χ2v) is 9.96. The van der Waals surface area contributed by atoms with Crippen LogP contribution in [0.5, 0.6) is 0 Å². The summed E-state index contributed by atoms with van der Waals surface area (Å²) in [6.45, 7) is 5.09. The highest BCUT2D eigenvalue weighted by Crippen LogP contribution is 2.34. The van der Waals surface area contributed by atoms with E-state index in [1.54, 1.807) is 6.92 Å². The number of anilines is 1. The van der Waals surface area contributed by atoms with Crippen LogP contribution in [-0.4, -0.2) is 37.8 Å². The minimum absolute atomic E-state index is 0.0378. The fourth-order valence-electron chi connectivity index (χ4n) is 3.56. The molecule has 14 heteroatoms. The van der Waals surface area contributed by atoms with E-state index in [-0.39, 0.29) is 22.3 Å². The maximum Gasteiger partial charge on any atom is 0.431 e. The van der Waals surface area contributed by atoms with Crippen LogP contribution in [0.25, 0.3) is 5.70 Å². The number of halogens is 4. The van der Waals surface area contributed by atoms with Crippen LogP contribution in [0, 0.1) is 0 Å². The van der Waals surface area contributed by atoms with Crippen LogP contribution in [0.2, 0.25) is 5.02 Å². The second-order valence-electron chi connectivity index (χ2n) is 7.80. The molecule has 1 aliphatic heterocycles. The molecule has 1 aliphatic rings. The zero-order valence-corrected chi connectivity index (χ0v) is 20.3. The SMILES string of the molecule is C=C1C(CNC=O)=C(n2c(C(F)(F)F)ccc(NS(=O)(=O)Cc3ccc(Cl)cc3)c2=O)C(N)=NC1C. The molecule has 0 spiro atoms. The Bertz CT molecular complexity index is 1430. The highest BCUT2D eigenvalue weighted by molar-refractivity contribution is 7.91. The summed E-state index contributed by atoms with van der Waals surface area (Å²) in [7, 11) is -4.22. The van der Waals surface area contributed by atoms with Gasteiger partial charge >= 0.3 is 6.18 Å². The van der Waals surface area contributed by atoms with E-state index >= 15 is 0 Å². The summed E-state index contributed by atoms with van der Waals surface area (Å²) in [5, 5.41) is 2.70. The van der Waals surface area contributed by atoms with Crippen molar-refractivity contribution in [3.8, 4) is 0 Å². The van der Waals surface area contributed by atoms with Crippen molar-refractivity contribution in [2.24, 2.45) is 10.7 Å². The zero-order chi connectivity index (χ0) is 26.8. The molecule has 192 valence electrons. The van der Waals surface area contributed by atoms with E-state index in [2.05, 4.69) is 16.9 Å². The van der Waals surface area contributed by atoms with Crippen molar-refractivity contribution in [3.05, 3.63) is 80.8 Å². The maximum absolute atomic E-state index is 13.9. The van der Waals surface area contributed by atoms with Crippen molar-refractivity contribution in [2.75, 3.05) is 11.3 Å². The zero-order valence-electron chi connectivity index (χ0n) is 18.8. The van der Waals surface area contributed by atoms with Gasteiger partial charge in [-0.1, -0.05) is 30.3 Å². The first-order chi connectivity index (χ1) is 16.7. The molecule has 1 atom stereocenters. The van der Waals surface area contributed by atoms with Crippen LogP contribution in [0.3, 0.4) is 0 Å². The van der Waals surface area contributed by atoms with E-state index in [9.17, 15) is 31.2 Å². The van der Waals surface area contributed by atoms with Gasteiger partial charge in [0.2, 0.25) is 16.4 Å². The number of amides is 1. The molecule has 4 N–H and O–H groups in total. The lowest BCUT2D eigenvalue weighted by atomic mass is 9.95. The van der Waals surface area contributed by atoms with Crippen LogP contribution in [0.4, 0.5) is 18.9 Å². The van der Waals surface area contributed by atoms with Crippen molar-refractivity contribution in [1.29, 1.82) is 0 Å². The quantitative estimate of drug-likeness (QED) is 0.440. The van der Waals surface area contributed by atoms with Gasteiger partial charge in [0.25, 0.3) is 5.56 Å². The molecule has 1 aromatic heterocycles. The lowest BCUT2D eigenvalue weighted by molar-refractivity contribution is -0.142. The molecule has 0 fully saturated rings. The number of carbonyl (C=O) groups is 1. The predicted octanol–water partition coefficient (Wildman–Crippen LogP) is 2.74. The van der Waals surface area contributed by atoms with E-state index in [1.807, 2.05) is 4.72 Å². The normalized spacial score (nSPS) is 16.5. The van der Waals surface area contributed by atoms with E-state index in [0.29, 0.717) is 23.1 Å². The Kier molecular flexibility index (Phi) is 7.65. The van der Waals surface area contributed by atoms with Crippen LogP contribution in [-0.2, 0) is 26.7 Å². The predicted molar refractivity (Wildman–Crippen MR) is 131 cm³/mol. The Morgan fingerprint density at radius 3 is 2.44 bits per heavy atom. The van der Waals surface area contributed by atoms with E-state index in [4.69, 9.17) is 17.3 Å². The molecule has 1 aromatic carbocycles. The second kappa shape index (κ2) is 10.2. The fraction of sp³-hybridized carbons (Fsp3) is 0.227. The highest BCUT2D eigenvalue weighted by Gasteiger charge is 2.38. The molecule has 0 saturated heterocycles. The van der Waals surface area contributed by atoms with Gasteiger partial charge in [-0.15, -0.1) is 0 Å². The minimum atomic E-state index is -5.03. The summed E-state index contributed by atoms with van der Waals surface area (Å²) >= 11 is 5.80. The van der Waals surface area contributed by atoms with E-state index < -0.39 is 56.5 Å². The summed E-state index contributed by atoms with van der Waals surface area (Å²) < 4.78 is 69.5. The van der Waals surface area contributed by atoms with Crippen LogP contribution in [0.1, 0.15) is 18.2 Å². The average Bonchev–Trinajstić information content (AvgIpc) is 2.77. The third-order valence-corrected chi connectivity index (χ3v) is 6.74. The molecular formula is C22H21ClF3N5O4S. The van der Waals surface area contributed by atoms with Gasteiger partial charge in [-0.3, -0.25) is 23.9 Å². The monoisotopic (exact) mass is 543 g/mol. The number of nitrogens with zero attached hydrogens (tertiary/aromatic N) is 2. The maximum atomic E-state index is 13.9. The molecule has 3 rings (SSSR count). The Morgan fingerprint density at radius 2 is 1.86 bits per heavy atom. The molecule has 0 bridgehead atoms. The molecule has 1 unspecified atom stereocenters. The van der Waals surface area contributed by atoms with Crippen molar-refractivity contribution in [1.82, 2.24) is 9.88 Å². The first-order valence-electron chi connectivity index (χ1n) is 10.3. The van der Waals surface area contributed by atoms with E-state index in [0.717, 1.165) is 6.07 Å². The molecule has 2 aromatic rings. The number of pyridine rings is 1. The van der Waals surface area contributed by atoms with Crippen LogP contribution < -0.4 is 21.3 Å². The molecule has 1 amide bonds. The van der Waals surface area contributed by atoms with E-state index in [1.165, 1.54) is 24.3 Å². The Hall–Kier alpha value is -3.58. The topological polar surface area (TPSA) is 136 Å². The molecule has 0 radical (unpaired) electrons. The van der Waals surface area contributed by atoms with Gasteiger partial charge < -0.3 is 11.1 Å². The number of carbonyl (C=O) groups excluding carboxylic acids is 1. The van der Waals surface area contributed by atoms with Crippen molar-refractivity contribution < 1.29 is 26.4 Å². The molecular weight excluding hydrogens is 523 g/mol. The standard InChI is InChI=1S/C22H21ClF3N5O4S/c1-12-13(2)29-20(27)19(16(12)9-28-11-32)31-18(22(24,25)26)8-7-17(21(31)33)30-36(34,35)10-14-3-5-15(23)6-4-14/h3-8,11,13,30H,1,9-10H2,2H3,(H2,27,29)(H,28,32). The number of amidine groups is 1. The lowest BCUT2D eigenvalue weighted by Gasteiger charge is -2.28. The lowest BCUT2D eigenvalue weighted by Crippen LogP contribution is -2.39. The Labute approximate surface area is 209 Å². The van der Waals surface area contributed by atoms with Gasteiger partial charge in [-0.25, -0.2) is 8.42 Å². The van der Waals surface area contributed by atoms with Gasteiger partial charge in [0, 0.05) is 17.1 Å². The third kappa shape index (κ3) is 5.79. The number of sulfonamides is 1. The number of alkyl halides is 3. The Morgan fingerprint density at radius 1 is 1.22 bits per heavy atom. The number of nitrogens with two attached hydrogens (primary N) is 1. The van der Waals surface area contributed by atoms with Gasteiger partial charge in [0.05, 0.1) is 17.5 Å². The highest BCUT2D eigenvalue weighted by atomic mass is 35.5. The van der Waals surface area contributed by atoms with Crippen molar-refractivity contribution >= 4 is 45.3 Å². The first-order valence-corrected chi connectivity index (χ1v) is 12.3. The fourth-order valence-corrected chi connectivity index (χ4v) is 4.88. The number of benzene rings is 1. The van der Waals surface area contributed by atoms with Crippen LogP contribution in [0.15, 0.2) is 63.9 Å². The number of hydrogen-bond donors (Lipinski definition) is 3. The number of aromatic nitrogens is 1. The number of hydrogen-bond acceptors (Lipinski definition) is 6. The summed E-state index contributed by atoms with van der Waals surface area (Å²) in [6, 6.07) is 6.48. The van der Waals surface area contributed by atoms with Crippen molar-refractivity contribution in [3.63, 3.8) is 0 Å². The Balaban J connectivity index is 2.19. The number of rotatable bonds is 8. The van der Waals surface area contributed by atoms with Crippen molar-refractivity contribution in [2.45, 2.75) is 24.9 Å². The van der Waals surface area contributed by atoms with Gasteiger partial charge in [-0.05, 0) is 42.3 Å². The molecule has 36 heavy (non-hydrogen) atoms. The van der Waals surface area contributed by atoms with Gasteiger partial charge in [0.1, 0.15) is 17.2 Å². The van der Waals surface area contributed by atoms with Gasteiger partial charge in [-0.2, -0.15) is 13.2 Å². The molecule has 0 aliphatic carbocycles. The molecule has 0 saturated carbocycles. The number of aliphatic imine (C=N–C) groups is 1. The molecule has 2 heterocycles. The first kappa shape index (κ1) is 27.0.